The molecule has 0 fully saturated rings. The van der Waals surface area contributed by atoms with Crippen LogP contribution in [0.4, 0.5) is 0 Å². The fraction of sp³-hybridized carbons (Fsp3) is 0.818. The topological polar surface area (TPSA) is 0 Å². The molecule has 1 aliphatic carbocycles. The van der Waals surface area contributed by atoms with Crippen molar-refractivity contribution in [2.24, 2.45) is 11.3 Å². The van der Waals surface area contributed by atoms with E-state index in [9.17, 15) is 0 Å². The monoisotopic (exact) mass is 152 g/mol. The first-order chi connectivity index (χ1) is 5.04. The van der Waals surface area contributed by atoms with Gasteiger partial charge in [0.2, 0.25) is 0 Å². The van der Waals surface area contributed by atoms with Gasteiger partial charge in [-0.1, -0.05) is 39.3 Å². The lowest BCUT2D eigenvalue weighted by atomic mass is 9.79. The summed E-state index contributed by atoms with van der Waals surface area (Å²) >= 11 is 0. The van der Waals surface area contributed by atoms with Gasteiger partial charge in [0.25, 0.3) is 0 Å². The minimum atomic E-state index is 0.507. The van der Waals surface area contributed by atoms with Gasteiger partial charge >= 0.3 is 0 Å². The third-order valence-corrected chi connectivity index (χ3v) is 2.88. The highest BCUT2D eigenvalue weighted by Gasteiger charge is 2.27. The van der Waals surface area contributed by atoms with Crippen LogP contribution in [0.1, 0.15) is 47.0 Å². The Labute approximate surface area is 70.7 Å². The molecule has 64 valence electrons. The molecule has 0 aliphatic heterocycles. The van der Waals surface area contributed by atoms with Crippen molar-refractivity contribution in [3.63, 3.8) is 0 Å². The zero-order valence-electron chi connectivity index (χ0n) is 8.28. The molecule has 0 heterocycles. The summed E-state index contributed by atoms with van der Waals surface area (Å²) in [6.07, 6.45) is 6.36. The average molecular weight is 152 g/mol. The van der Waals surface area contributed by atoms with Crippen LogP contribution in [-0.2, 0) is 0 Å². The predicted molar refractivity (Wildman–Crippen MR) is 50.6 cm³/mol. The Kier molecular flexibility index (Phi) is 2.41. The summed E-state index contributed by atoms with van der Waals surface area (Å²) < 4.78 is 0. The van der Waals surface area contributed by atoms with Crippen LogP contribution in [0.5, 0.6) is 0 Å². The van der Waals surface area contributed by atoms with Crippen LogP contribution in [0.3, 0.4) is 0 Å². The van der Waals surface area contributed by atoms with E-state index in [1.165, 1.54) is 19.3 Å². The van der Waals surface area contributed by atoms with E-state index in [0.29, 0.717) is 5.41 Å². The van der Waals surface area contributed by atoms with Crippen molar-refractivity contribution in [3.05, 3.63) is 11.6 Å². The van der Waals surface area contributed by atoms with Crippen molar-refractivity contribution >= 4 is 0 Å². The van der Waals surface area contributed by atoms with E-state index >= 15 is 0 Å². The number of rotatable bonds is 1. The highest BCUT2D eigenvalue weighted by atomic mass is 14.3. The maximum atomic E-state index is 2.44. The summed E-state index contributed by atoms with van der Waals surface area (Å²) in [7, 11) is 0. The normalized spacial score (nSPS) is 25.5. The predicted octanol–water partition coefficient (Wildman–Crippen LogP) is 3.78. The number of hydrogen-bond donors (Lipinski definition) is 0. The molecule has 11 heavy (non-hydrogen) atoms. The summed E-state index contributed by atoms with van der Waals surface area (Å²) in [5.41, 5.74) is 2.18. The van der Waals surface area contributed by atoms with Crippen LogP contribution in [0, 0.1) is 11.3 Å². The van der Waals surface area contributed by atoms with Crippen molar-refractivity contribution < 1.29 is 0 Å². The quantitative estimate of drug-likeness (QED) is 0.502. The zero-order chi connectivity index (χ0) is 8.48. The molecule has 0 aromatic heterocycles. The first-order valence-corrected chi connectivity index (χ1v) is 4.72. The van der Waals surface area contributed by atoms with Crippen molar-refractivity contribution in [2.45, 2.75) is 47.0 Å². The molecule has 0 spiro atoms. The van der Waals surface area contributed by atoms with Gasteiger partial charge in [0, 0.05) is 0 Å². The van der Waals surface area contributed by atoms with Crippen LogP contribution < -0.4 is 0 Å². The lowest BCUT2D eigenvalue weighted by Gasteiger charge is -2.26. The molecule has 0 amide bonds. The Morgan fingerprint density at radius 2 is 2.09 bits per heavy atom. The first kappa shape index (κ1) is 8.83. The molecular weight excluding hydrogens is 132 g/mol. The van der Waals surface area contributed by atoms with Crippen LogP contribution in [0.15, 0.2) is 11.6 Å². The minimum Gasteiger partial charge on any atom is -0.0850 e. The Balaban J connectivity index is 2.48. The highest BCUT2D eigenvalue weighted by Crippen LogP contribution is 2.39. The summed E-state index contributed by atoms with van der Waals surface area (Å²) in [4.78, 5) is 0. The lowest BCUT2D eigenvalue weighted by molar-refractivity contribution is 0.251. The molecule has 1 unspecified atom stereocenters. The lowest BCUT2D eigenvalue weighted by Crippen LogP contribution is -2.17. The second-order valence-electron chi connectivity index (χ2n) is 4.72. The Morgan fingerprint density at radius 3 is 2.36 bits per heavy atom. The smallest absolute Gasteiger partial charge is 0.0284 e. The highest BCUT2D eigenvalue weighted by molar-refractivity contribution is 5.11. The van der Waals surface area contributed by atoms with Crippen molar-refractivity contribution in [1.29, 1.82) is 0 Å². The maximum absolute atomic E-state index is 2.44. The SMILES string of the molecule is CCC1=CCC(C(C)(C)C)C1. The second kappa shape index (κ2) is 3.00. The van der Waals surface area contributed by atoms with Crippen molar-refractivity contribution in [2.75, 3.05) is 0 Å². The molecular formula is C11H20. The minimum absolute atomic E-state index is 0.507. The molecule has 0 aromatic rings. The van der Waals surface area contributed by atoms with Gasteiger partial charge in [0.05, 0.1) is 0 Å². The Bertz CT molecular complexity index is 157. The molecule has 0 radical (unpaired) electrons. The summed E-state index contributed by atoms with van der Waals surface area (Å²) in [6.45, 7) is 9.31. The van der Waals surface area contributed by atoms with Crippen LogP contribution in [-0.4, -0.2) is 0 Å². The molecule has 0 nitrogen and oxygen atoms in total. The molecule has 0 aromatic carbocycles. The molecule has 1 rings (SSSR count). The largest absolute Gasteiger partial charge is 0.0850 e. The van der Waals surface area contributed by atoms with E-state index in [1.54, 1.807) is 5.57 Å². The van der Waals surface area contributed by atoms with Gasteiger partial charge in [-0.15, -0.1) is 0 Å². The van der Waals surface area contributed by atoms with Crippen LogP contribution >= 0.6 is 0 Å². The fourth-order valence-corrected chi connectivity index (χ4v) is 1.74. The van der Waals surface area contributed by atoms with Crippen LogP contribution in [0.25, 0.3) is 0 Å². The van der Waals surface area contributed by atoms with Crippen molar-refractivity contribution in [1.82, 2.24) is 0 Å². The van der Waals surface area contributed by atoms with E-state index in [4.69, 9.17) is 0 Å². The van der Waals surface area contributed by atoms with Gasteiger partial charge in [-0.3, -0.25) is 0 Å². The molecule has 1 aliphatic rings. The molecule has 1 atom stereocenters. The fourth-order valence-electron chi connectivity index (χ4n) is 1.74. The molecule has 0 saturated carbocycles. The third-order valence-electron chi connectivity index (χ3n) is 2.88. The summed E-state index contributed by atoms with van der Waals surface area (Å²) in [6, 6.07) is 0. The van der Waals surface area contributed by atoms with E-state index in [0.717, 1.165) is 5.92 Å². The molecule has 0 N–H and O–H groups in total. The van der Waals surface area contributed by atoms with Gasteiger partial charge < -0.3 is 0 Å². The zero-order valence-corrected chi connectivity index (χ0v) is 8.28. The van der Waals surface area contributed by atoms with Gasteiger partial charge in [-0.05, 0) is 30.6 Å². The second-order valence-corrected chi connectivity index (χ2v) is 4.72. The average Bonchev–Trinajstić information content (AvgIpc) is 2.32. The summed E-state index contributed by atoms with van der Waals surface area (Å²) in [5, 5.41) is 0. The van der Waals surface area contributed by atoms with Gasteiger partial charge in [-0.2, -0.15) is 0 Å². The van der Waals surface area contributed by atoms with Crippen LogP contribution in [0.2, 0.25) is 0 Å². The maximum Gasteiger partial charge on any atom is -0.0284 e. The Morgan fingerprint density at radius 1 is 1.45 bits per heavy atom. The van der Waals surface area contributed by atoms with Gasteiger partial charge in [-0.25, -0.2) is 0 Å². The van der Waals surface area contributed by atoms with E-state index in [-0.39, 0.29) is 0 Å². The van der Waals surface area contributed by atoms with Gasteiger partial charge in [0.1, 0.15) is 0 Å². The van der Waals surface area contributed by atoms with E-state index in [1.807, 2.05) is 0 Å². The molecule has 0 saturated heterocycles. The molecule has 0 bridgehead atoms. The number of hydrogen-bond acceptors (Lipinski definition) is 0. The molecule has 0 heteroatoms. The van der Waals surface area contributed by atoms with Crippen molar-refractivity contribution in [3.8, 4) is 0 Å². The van der Waals surface area contributed by atoms with E-state index in [2.05, 4.69) is 33.8 Å². The first-order valence-electron chi connectivity index (χ1n) is 4.72. The number of allylic oxidation sites excluding steroid dienone is 2. The summed E-state index contributed by atoms with van der Waals surface area (Å²) in [5.74, 6) is 0.900. The van der Waals surface area contributed by atoms with E-state index < -0.39 is 0 Å². The Hall–Kier alpha value is -0.260. The standard InChI is InChI=1S/C11H20/c1-5-9-6-7-10(8-9)11(2,3)4/h6,10H,5,7-8H2,1-4H3. The van der Waals surface area contributed by atoms with Gasteiger partial charge in [0.15, 0.2) is 0 Å². The third kappa shape index (κ3) is 2.08.